The second-order valence-corrected chi connectivity index (χ2v) is 4.05. The number of hydrogen-bond acceptors (Lipinski definition) is 6. The third-order valence-electron chi connectivity index (χ3n) is 2.50. The van der Waals surface area contributed by atoms with Gasteiger partial charge in [0.25, 0.3) is 0 Å². The standard InChI is InChI=1S/C7H12O3.C6H10O3/c1-2-3-7-9-5-6(4-8)10-7;1-2-6-8-4-5(3-7)9-6/h2-3,6-8H,4-5H2,1H3;2,5-7H,1,3-4H2. The predicted octanol–water partition coefficient (Wildman–Crippen LogP) is 0.202. The molecular formula is C13H22O6. The van der Waals surface area contributed by atoms with Crippen molar-refractivity contribution in [1.29, 1.82) is 0 Å². The number of ether oxygens (including phenoxy) is 4. The van der Waals surface area contributed by atoms with Crippen molar-refractivity contribution in [3.05, 3.63) is 24.8 Å². The maximum atomic E-state index is 8.62. The zero-order chi connectivity index (χ0) is 14.1. The minimum Gasteiger partial charge on any atom is -0.394 e. The molecule has 6 heteroatoms. The van der Waals surface area contributed by atoms with Gasteiger partial charge in [-0.2, -0.15) is 0 Å². The van der Waals surface area contributed by atoms with Crippen molar-refractivity contribution in [2.45, 2.75) is 31.7 Å². The van der Waals surface area contributed by atoms with E-state index in [1.807, 2.05) is 19.1 Å². The van der Waals surface area contributed by atoms with Gasteiger partial charge in [0.2, 0.25) is 0 Å². The lowest BCUT2D eigenvalue weighted by molar-refractivity contribution is -0.0300. The van der Waals surface area contributed by atoms with Crippen LogP contribution in [-0.2, 0) is 18.9 Å². The van der Waals surface area contributed by atoms with Crippen molar-refractivity contribution in [2.75, 3.05) is 26.4 Å². The van der Waals surface area contributed by atoms with Gasteiger partial charge in [-0.1, -0.05) is 12.7 Å². The molecule has 0 aromatic carbocycles. The maximum absolute atomic E-state index is 8.62. The Balaban J connectivity index is 0.000000191. The molecule has 0 radical (unpaired) electrons. The highest BCUT2D eigenvalue weighted by atomic mass is 16.7. The summed E-state index contributed by atoms with van der Waals surface area (Å²) in [5, 5.41) is 17.2. The first-order valence-corrected chi connectivity index (χ1v) is 6.24. The van der Waals surface area contributed by atoms with Gasteiger partial charge in [-0.05, 0) is 19.1 Å². The molecule has 19 heavy (non-hydrogen) atoms. The fraction of sp³-hybridized carbons (Fsp3) is 0.692. The maximum Gasteiger partial charge on any atom is 0.177 e. The van der Waals surface area contributed by atoms with Crippen LogP contribution >= 0.6 is 0 Å². The van der Waals surface area contributed by atoms with Gasteiger partial charge in [0.15, 0.2) is 12.6 Å². The molecule has 0 amide bonds. The van der Waals surface area contributed by atoms with Crippen LogP contribution < -0.4 is 0 Å². The van der Waals surface area contributed by atoms with Crippen LogP contribution in [0.25, 0.3) is 0 Å². The van der Waals surface area contributed by atoms with E-state index in [0.29, 0.717) is 13.2 Å². The molecule has 4 atom stereocenters. The largest absolute Gasteiger partial charge is 0.394 e. The lowest BCUT2D eigenvalue weighted by Gasteiger charge is -2.03. The quantitative estimate of drug-likeness (QED) is 0.713. The Morgan fingerprint density at radius 2 is 1.58 bits per heavy atom. The number of aliphatic hydroxyl groups excluding tert-OH is 2. The Bertz CT molecular complexity index is 280. The molecule has 2 aliphatic heterocycles. The second kappa shape index (κ2) is 9.19. The summed E-state index contributed by atoms with van der Waals surface area (Å²) in [4.78, 5) is 0. The van der Waals surface area contributed by atoms with Crippen molar-refractivity contribution in [3.63, 3.8) is 0 Å². The van der Waals surface area contributed by atoms with Crippen molar-refractivity contribution in [1.82, 2.24) is 0 Å². The molecule has 0 aromatic heterocycles. The normalized spacial score (nSPS) is 34.3. The summed E-state index contributed by atoms with van der Waals surface area (Å²) in [6, 6.07) is 0. The van der Waals surface area contributed by atoms with E-state index in [0.717, 1.165) is 0 Å². The van der Waals surface area contributed by atoms with E-state index >= 15 is 0 Å². The van der Waals surface area contributed by atoms with E-state index in [9.17, 15) is 0 Å². The van der Waals surface area contributed by atoms with Crippen LogP contribution in [-0.4, -0.2) is 61.4 Å². The highest BCUT2D eigenvalue weighted by Gasteiger charge is 2.22. The van der Waals surface area contributed by atoms with Gasteiger partial charge in [-0.3, -0.25) is 0 Å². The first-order chi connectivity index (χ1) is 9.23. The topological polar surface area (TPSA) is 77.4 Å². The van der Waals surface area contributed by atoms with Gasteiger partial charge >= 0.3 is 0 Å². The highest BCUT2D eigenvalue weighted by Crippen LogP contribution is 2.11. The zero-order valence-electron chi connectivity index (χ0n) is 11.1. The monoisotopic (exact) mass is 274 g/mol. The summed E-state index contributed by atoms with van der Waals surface area (Å²) >= 11 is 0. The Labute approximate surface area is 113 Å². The summed E-state index contributed by atoms with van der Waals surface area (Å²) in [7, 11) is 0. The van der Waals surface area contributed by atoms with E-state index in [1.54, 1.807) is 6.08 Å². The minimum atomic E-state index is -0.317. The van der Waals surface area contributed by atoms with Gasteiger partial charge in [0, 0.05) is 0 Å². The van der Waals surface area contributed by atoms with Crippen molar-refractivity contribution in [3.8, 4) is 0 Å². The van der Waals surface area contributed by atoms with Gasteiger partial charge in [0.1, 0.15) is 12.2 Å². The molecule has 0 bridgehead atoms. The smallest absolute Gasteiger partial charge is 0.177 e. The lowest BCUT2D eigenvalue weighted by atomic mass is 10.4. The third kappa shape index (κ3) is 5.82. The Morgan fingerprint density at radius 1 is 1.05 bits per heavy atom. The van der Waals surface area contributed by atoms with Crippen LogP contribution in [0.2, 0.25) is 0 Å². The molecule has 2 saturated heterocycles. The summed E-state index contributed by atoms with van der Waals surface area (Å²) in [6.45, 7) is 6.39. The van der Waals surface area contributed by atoms with Crippen LogP contribution in [0.5, 0.6) is 0 Å². The van der Waals surface area contributed by atoms with Crippen molar-refractivity contribution >= 4 is 0 Å². The molecule has 0 spiro atoms. The lowest BCUT2D eigenvalue weighted by Crippen LogP contribution is -2.15. The summed E-state index contributed by atoms with van der Waals surface area (Å²) in [5.74, 6) is 0. The molecule has 0 aromatic rings. The Hall–Kier alpha value is -0.760. The molecule has 0 saturated carbocycles. The fourth-order valence-corrected chi connectivity index (χ4v) is 1.51. The molecule has 2 heterocycles. The van der Waals surface area contributed by atoms with Crippen LogP contribution in [0.3, 0.4) is 0 Å². The van der Waals surface area contributed by atoms with E-state index in [-0.39, 0.29) is 38.0 Å². The predicted molar refractivity (Wildman–Crippen MR) is 68.4 cm³/mol. The van der Waals surface area contributed by atoms with Crippen molar-refractivity contribution < 1.29 is 29.2 Å². The van der Waals surface area contributed by atoms with Crippen LogP contribution in [0.1, 0.15) is 6.92 Å². The molecule has 0 aliphatic carbocycles. The molecule has 4 unspecified atom stereocenters. The molecule has 2 rings (SSSR count). The van der Waals surface area contributed by atoms with Gasteiger partial charge in [0.05, 0.1) is 26.4 Å². The second-order valence-electron chi connectivity index (χ2n) is 4.05. The minimum absolute atomic E-state index is 0.0182. The van der Waals surface area contributed by atoms with E-state index < -0.39 is 0 Å². The molecule has 2 N–H and O–H groups in total. The Kier molecular flexibility index (Phi) is 7.88. The number of allylic oxidation sites excluding steroid dienone is 1. The number of hydrogen-bond donors (Lipinski definition) is 2. The summed E-state index contributed by atoms with van der Waals surface area (Å²) in [5.41, 5.74) is 0. The van der Waals surface area contributed by atoms with Gasteiger partial charge in [-0.15, -0.1) is 0 Å². The first-order valence-electron chi connectivity index (χ1n) is 6.24. The average molecular weight is 274 g/mol. The first kappa shape index (κ1) is 16.3. The van der Waals surface area contributed by atoms with Crippen LogP contribution in [0.15, 0.2) is 24.8 Å². The molecule has 110 valence electrons. The van der Waals surface area contributed by atoms with E-state index in [2.05, 4.69) is 6.58 Å². The SMILES string of the molecule is C=CC1OCC(CO)O1.CC=CC1OCC(CO)O1. The Morgan fingerprint density at radius 3 is 1.95 bits per heavy atom. The zero-order valence-corrected chi connectivity index (χ0v) is 11.1. The highest BCUT2D eigenvalue weighted by molar-refractivity contribution is 4.84. The van der Waals surface area contributed by atoms with Crippen LogP contribution in [0.4, 0.5) is 0 Å². The average Bonchev–Trinajstić information content (AvgIpc) is 3.08. The van der Waals surface area contributed by atoms with E-state index in [1.165, 1.54) is 0 Å². The summed E-state index contributed by atoms with van der Waals surface area (Å²) in [6.07, 6.45) is 4.38. The molecule has 6 nitrogen and oxygen atoms in total. The summed E-state index contributed by atoms with van der Waals surface area (Å²) < 4.78 is 20.4. The molecular weight excluding hydrogens is 252 g/mol. The van der Waals surface area contributed by atoms with Crippen LogP contribution in [0, 0.1) is 0 Å². The van der Waals surface area contributed by atoms with Gasteiger partial charge < -0.3 is 29.2 Å². The van der Waals surface area contributed by atoms with Crippen molar-refractivity contribution in [2.24, 2.45) is 0 Å². The molecule has 2 fully saturated rings. The molecule has 2 aliphatic rings. The third-order valence-corrected chi connectivity index (χ3v) is 2.50. The van der Waals surface area contributed by atoms with E-state index in [4.69, 9.17) is 29.2 Å². The fourth-order valence-electron chi connectivity index (χ4n) is 1.51. The number of aliphatic hydroxyl groups is 2. The number of rotatable bonds is 4. The van der Waals surface area contributed by atoms with Gasteiger partial charge in [-0.25, -0.2) is 0 Å².